The van der Waals surface area contributed by atoms with E-state index in [0.29, 0.717) is 23.5 Å². The molecule has 0 aliphatic carbocycles. The van der Waals surface area contributed by atoms with Crippen LogP contribution in [0.15, 0.2) is 48.5 Å². The van der Waals surface area contributed by atoms with Crippen LogP contribution in [0.1, 0.15) is 17.3 Å². The van der Waals surface area contributed by atoms with Crippen molar-refractivity contribution in [3.63, 3.8) is 0 Å². The van der Waals surface area contributed by atoms with Gasteiger partial charge >= 0.3 is 0 Å². The summed E-state index contributed by atoms with van der Waals surface area (Å²) >= 11 is 0. The first-order valence-electron chi connectivity index (χ1n) is 7.55. The first kappa shape index (κ1) is 17.5. The van der Waals surface area contributed by atoms with E-state index in [0.717, 1.165) is 5.75 Å². The fourth-order valence-electron chi connectivity index (χ4n) is 2.04. The summed E-state index contributed by atoms with van der Waals surface area (Å²) in [5.74, 6) is 0.281. The predicted octanol–water partition coefficient (Wildman–Crippen LogP) is 2.92. The number of nitrogens with one attached hydrogen (secondary N) is 2. The number of carbonyl (C=O) groups is 2. The molecular formula is C18H20N2O4. The maximum atomic E-state index is 12.2. The van der Waals surface area contributed by atoms with Crippen molar-refractivity contribution in [1.82, 2.24) is 0 Å². The van der Waals surface area contributed by atoms with Crippen LogP contribution in [0, 0.1) is 0 Å². The molecular weight excluding hydrogens is 308 g/mol. The Morgan fingerprint density at radius 2 is 1.50 bits per heavy atom. The van der Waals surface area contributed by atoms with Gasteiger partial charge in [0.15, 0.2) is 0 Å². The Morgan fingerprint density at radius 3 is 2.04 bits per heavy atom. The van der Waals surface area contributed by atoms with Gasteiger partial charge in [-0.1, -0.05) is 0 Å². The van der Waals surface area contributed by atoms with Gasteiger partial charge in [-0.3, -0.25) is 9.59 Å². The minimum Gasteiger partial charge on any atom is -0.494 e. The predicted molar refractivity (Wildman–Crippen MR) is 92.5 cm³/mol. The molecule has 2 aromatic rings. The van der Waals surface area contributed by atoms with Crippen LogP contribution in [-0.4, -0.2) is 32.1 Å². The third kappa shape index (κ3) is 5.10. The van der Waals surface area contributed by atoms with Crippen LogP contribution in [0.3, 0.4) is 0 Å². The van der Waals surface area contributed by atoms with Crippen LogP contribution >= 0.6 is 0 Å². The molecule has 0 aliphatic heterocycles. The smallest absolute Gasteiger partial charge is 0.255 e. The summed E-state index contributed by atoms with van der Waals surface area (Å²) in [6.45, 7) is 2.48. The molecule has 0 fully saturated rings. The van der Waals surface area contributed by atoms with E-state index in [2.05, 4.69) is 10.6 Å². The monoisotopic (exact) mass is 328 g/mol. The van der Waals surface area contributed by atoms with Gasteiger partial charge in [0.25, 0.3) is 5.91 Å². The van der Waals surface area contributed by atoms with E-state index in [-0.39, 0.29) is 18.4 Å². The van der Waals surface area contributed by atoms with Crippen LogP contribution in [0.25, 0.3) is 0 Å². The zero-order valence-corrected chi connectivity index (χ0v) is 13.7. The second kappa shape index (κ2) is 8.69. The summed E-state index contributed by atoms with van der Waals surface area (Å²) in [5.41, 5.74) is 1.81. The molecule has 6 heteroatoms. The maximum absolute atomic E-state index is 12.2. The van der Waals surface area contributed by atoms with Gasteiger partial charge in [0.2, 0.25) is 5.91 Å². The van der Waals surface area contributed by atoms with Crippen molar-refractivity contribution in [1.29, 1.82) is 0 Å². The van der Waals surface area contributed by atoms with Gasteiger partial charge < -0.3 is 20.1 Å². The Balaban J connectivity index is 1.95. The summed E-state index contributed by atoms with van der Waals surface area (Å²) in [6.07, 6.45) is 0. The molecule has 126 valence electrons. The average Bonchev–Trinajstić information content (AvgIpc) is 2.58. The number of carbonyl (C=O) groups excluding carboxylic acids is 2. The van der Waals surface area contributed by atoms with Gasteiger partial charge in [-0.25, -0.2) is 0 Å². The fourth-order valence-corrected chi connectivity index (χ4v) is 2.04. The number of hydrogen-bond acceptors (Lipinski definition) is 4. The van der Waals surface area contributed by atoms with Gasteiger partial charge in [0.1, 0.15) is 12.4 Å². The van der Waals surface area contributed by atoms with Crippen molar-refractivity contribution in [2.24, 2.45) is 0 Å². The Morgan fingerprint density at radius 1 is 0.917 bits per heavy atom. The van der Waals surface area contributed by atoms with E-state index < -0.39 is 0 Å². The summed E-state index contributed by atoms with van der Waals surface area (Å²) in [6, 6.07) is 13.8. The van der Waals surface area contributed by atoms with E-state index in [9.17, 15) is 9.59 Å². The third-order valence-electron chi connectivity index (χ3n) is 3.13. The Kier molecular flexibility index (Phi) is 6.33. The molecule has 0 saturated carbocycles. The van der Waals surface area contributed by atoms with Crippen molar-refractivity contribution in [3.8, 4) is 5.75 Å². The molecule has 2 rings (SSSR count). The number of rotatable bonds is 7. The molecule has 0 aliphatic rings. The van der Waals surface area contributed by atoms with Crippen molar-refractivity contribution in [3.05, 3.63) is 54.1 Å². The highest BCUT2D eigenvalue weighted by molar-refractivity contribution is 6.04. The first-order chi connectivity index (χ1) is 11.6. The van der Waals surface area contributed by atoms with Crippen molar-refractivity contribution >= 4 is 23.2 Å². The zero-order valence-electron chi connectivity index (χ0n) is 13.7. The second-order valence-electron chi connectivity index (χ2n) is 4.97. The molecule has 6 nitrogen and oxygen atoms in total. The topological polar surface area (TPSA) is 76.7 Å². The molecule has 0 atom stereocenters. The lowest BCUT2D eigenvalue weighted by molar-refractivity contribution is -0.119. The zero-order chi connectivity index (χ0) is 17.4. The maximum Gasteiger partial charge on any atom is 0.255 e. The molecule has 2 N–H and O–H groups in total. The van der Waals surface area contributed by atoms with Gasteiger partial charge in [-0.15, -0.1) is 0 Å². The lowest BCUT2D eigenvalue weighted by atomic mass is 10.2. The van der Waals surface area contributed by atoms with Crippen LogP contribution in [0.2, 0.25) is 0 Å². The normalized spacial score (nSPS) is 10.1. The van der Waals surface area contributed by atoms with E-state index >= 15 is 0 Å². The van der Waals surface area contributed by atoms with Crippen LogP contribution in [-0.2, 0) is 9.53 Å². The molecule has 2 aromatic carbocycles. The van der Waals surface area contributed by atoms with E-state index in [4.69, 9.17) is 9.47 Å². The number of methoxy groups -OCH3 is 1. The highest BCUT2D eigenvalue weighted by Gasteiger charge is 2.07. The Hall–Kier alpha value is -2.86. The fraction of sp³-hybridized carbons (Fsp3) is 0.222. The quantitative estimate of drug-likeness (QED) is 0.819. The number of benzene rings is 2. The van der Waals surface area contributed by atoms with Gasteiger partial charge in [0.05, 0.1) is 6.61 Å². The largest absolute Gasteiger partial charge is 0.494 e. The summed E-state index contributed by atoms with van der Waals surface area (Å²) < 4.78 is 10.1. The molecule has 0 aromatic heterocycles. The summed E-state index contributed by atoms with van der Waals surface area (Å²) in [4.78, 5) is 23.6. The molecule has 0 radical (unpaired) electrons. The highest BCUT2D eigenvalue weighted by atomic mass is 16.5. The minimum absolute atomic E-state index is 0.00374. The first-order valence-corrected chi connectivity index (χ1v) is 7.55. The minimum atomic E-state index is -0.233. The molecule has 0 unspecified atom stereocenters. The molecule has 0 spiro atoms. The van der Waals surface area contributed by atoms with Gasteiger partial charge in [0, 0.05) is 24.0 Å². The second-order valence-corrected chi connectivity index (χ2v) is 4.97. The standard InChI is InChI=1S/C18H20N2O4/c1-3-24-16-10-4-13(5-11-16)18(22)20-15-8-6-14(7-9-15)19-17(21)12-23-2/h4-11H,3,12H2,1-2H3,(H,19,21)(H,20,22). The number of hydrogen-bond donors (Lipinski definition) is 2. The van der Waals surface area contributed by atoms with Crippen molar-refractivity contribution < 1.29 is 19.1 Å². The number of amides is 2. The Labute approximate surface area is 140 Å². The third-order valence-corrected chi connectivity index (χ3v) is 3.13. The van der Waals surface area contributed by atoms with Crippen LogP contribution in [0.5, 0.6) is 5.75 Å². The van der Waals surface area contributed by atoms with E-state index in [1.54, 1.807) is 48.5 Å². The van der Waals surface area contributed by atoms with Crippen LogP contribution in [0.4, 0.5) is 11.4 Å². The summed E-state index contributed by atoms with van der Waals surface area (Å²) in [5, 5.41) is 5.48. The van der Waals surface area contributed by atoms with Gasteiger partial charge in [-0.2, -0.15) is 0 Å². The SMILES string of the molecule is CCOc1ccc(C(=O)Nc2ccc(NC(=O)COC)cc2)cc1. The van der Waals surface area contributed by atoms with E-state index in [1.165, 1.54) is 7.11 Å². The molecule has 24 heavy (non-hydrogen) atoms. The lowest BCUT2D eigenvalue weighted by Crippen LogP contribution is -2.17. The van der Waals surface area contributed by atoms with E-state index in [1.807, 2.05) is 6.92 Å². The number of ether oxygens (including phenoxy) is 2. The average molecular weight is 328 g/mol. The lowest BCUT2D eigenvalue weighted by Gasteiger charge is -2.08. The molecule has 0 heterocycles. The molecule has 0 bridgehead atoms. The molecule has 2 amide bonds. The van der Waals surface area contributed by atoms with Gasteiger partial charge in [-0.05, 0) is 55.5 Å². The number of anilines is 2. The Bertz CT molecular complexity index is 681. The molecule has 0 saturated heterocycles. The van der Waals surface area contributed by atoms with Crippen molar-refractivity contribution in [2.45, 2.75) is 6.92 Å². The summed E-state index contributed by atoms with van der Waals surface area (Å²) in [7, 11) is 1.46. The highest BCUT2D eigenvalue weighted by Crippen LogP contribution is 2.16. The van der Waals surface area contributed by atoms with Crippen LogP contribution < -0.4 is 15.4 Å². The van der Waals surface area contributed by atoms with Crippen molar-refractivity contribution in [2.75, 3.05) is 31.0 Å².